The molecule has 138 valence electrons. The molecule has 0 spiro atoms. The molecule has 0 aromatic heterocycles. The van der Waals surface area contributed by atoms with Crippen molar-refractivity contribution in [2.75, 3.05) is 13.2 Å². The van der Waals surface area contributed by atoms with Crippen molar-refractivity contribution in [3.8, 4) is 0 Å². The summed E-state index contributed by atoms with van der Waals surface area (Å²) in [5, 5.41) is 0. The monoisotopic (exact) mass is 546 g/mol. The molecule has 0 atom stereocenters. The van der Waals surface area contributed by atoms with Gasteiger partial charge in [-0.1, -0.05) is 26.7 Å². The largest absolute Gasteiger partial charge is 0.335 e. The van der Waals surface area contributed by atoms with Gasteiger partial charge in [-0.25, -0.2) is 0 Å². The first-order valence-corrected chi connectivity index (χ1v) is 12.4. The van der Waals surface area contributed by atoms with E-state index in [0.717, 1.165) is 55.8 Å². The zero-order valence-electron chi connectivity index (χ0n) is 14.8. The summed E-state index contributed by atoms with van der Waals surface area (Å²) in [5.74, 6) is 0. The third-order valence-electron chi connectivity index (χ3n) is 3.92. The van der Waals surface area contributed by atoms with E-state index in [-0.39, 0.29) is 6.16 Å². The van der Waals surface area contributed by atoms with Gasteiger partial charge in [0, 0.05) is 13.4 Å². The average molecular weight is 549 g/mol. The number of unbranched alkanes of at least 4 members (excludes halogenated alkanes) is 2. The second kappa shape index (κ2) is 10.8. The highest BCUT2D eigenvalue weighted by atomic mass is 79.9. The van der Waals surface area contributed by atoms with Crippen molar-refractivity contribution in [2.45, 2.75) is 59.5 Å². The highest BCUT2D eigenvalue weighted by Gasteiger charge is 2.29. The van der Waals surface area contributed by atoms with Crippen LogP contribution in [0.5, 0.6) is 0 Å². The van der Waals surface area contributed by atoms with Crippen LogP contribution >= 0.6 is 55.4 Å². The summed E-state index contributed by atoms with van der Waals surface area (Å²) >= 11 is 10.8. The quantitative estimate of drug-likeness (QED) is 0.169. The van der Waals surface area contributed by atoms with Crippen molar-refractivity contribution in [3.63, 3.8) is 0 Å². The van der Waals surface area contributed by atoms with E-state index < -0.39 is 7.60 Å². The van der Waals surface area contributed by atoms with Crippen LogP contribution in [0.3, 0.4) is 0 Å². The lowest BCUT2D eigenvalue weighted by Gasteiger charge is -2.22. The number of halogens is 3. The van der Waals surface area contributed by atoms with Crippen LogP contribution in [-0.4, -0.2) is 13.2 Å². The highest BCUT2D eigenvalue weighted by molar-refractivity contribution is 9.14. The standard InChI is InChI=1S/C17H26Br3O3P/c1-5-7-9-22-24(21,23-10-8-6-2)11-14-12(3)13(4)15(18)17(20)16(14)19/h5-11H2,1-4H3. The van der Waals surface area contributed by atoms with Gasteiger partial charge in [0.2, 0.25) is 0 Å². The third kappa shape index (κ3) is 6.21. The normalized spacial score (nSPS) is 12.0. The van der Waals surface area contributed by atoms with E-state index in [4.69, 9.17) is 9.05 Å². The van der Waals surface area contributed by atoms with E-state index in [2.05, 4.69) is 61.6 Å². The summed E-state index contributed by atoms with van der Waals surface area (Å²) in [5.41, 5.74) is 3.18. The molecule has 0 aliphatic heterocycles. The molecule has 0 saturated heterocycles. The van der Waals surface area contributed by atoms with Crippen LogP contribution in [0.15, 0.2) is 13.4 Å². The minimum Gasteiger partial charge on any atom is -0.308 e. The fraction of sp³-hybridized carbons (Fsp3) is 0.647. The molecule has 1 rings (SSSR count). The molecule has 0 heterocycles. The van der Waals surface area contributed by atoms with E-state index in [9.17, 15) is 4.57 Å². The lowest BCUT2D eigenvalue weighted by atomic mass is 10.1. The lowest BCUT2D eigenvalue weighted by molar-refractivity contribution is 0.199. The van der Waals surface area contributed by atoms with Crippen molar-refractivity contribution in [2.24, 2.45) is 0 Å². The molecule has 0 unspecified atom stereocenters. The Morgan fingerprint density at radius 3 is 1.79 bits per heavy atom. The molecule has 0 aliphatic rings. The Hall–Kier alpha value is 0.810. The maximum Gasteiger partial charge on any atom is 0.335 e. The second-order valence-corrected chi connectivity index (χ2v) is 10.2. The SMILES string of the molecule is CCCCOP(=O)(Cc1c(C)c(C)c(Br)c(Br)c1Br)OCCCC. The molecule has 0 aliphatic carbocycles. The van der Waals surface area contributed by atoms with Crippen LogP contribution in [-0.2, 0) is 19.8 Å². The van der Waals surface area contributed by atoms with Gasteiger partial charge >= 0.3 is 7.60 Å². The molecule has 0 saturated carbocycles. The Kier molecular flexibility index (Phi) is 10.3. The summed E-state index contributed by atoms with van der Waals surface area (Å²) < 4.78 is 27.5. The first-order valence-electron chi connectivity index (χ1n) is 8.28. The van der Waals surface area contributed by atoms with Crippen molar-refractivity contribution >= 4 is 55.4 Å². The van der Waals surface area contributed by atoms with E-state index >= 15 is 0 Å². The minimum atomic E-state index is -3.18. The molecular weight excluding hydrogens is 523 g/mol. The molecule has 7 heteroatoms. The van der Waals surface area contributed by atoms with Crippen LogP contribution < -0.4 is 0 Å². The smallest absolute Gasteiger partial charge is 0.308 e. The van der Waals surface area contributed by atoms with Crippen LogP contribution in [0, 0.1) is 13.8 Å². The Morgan fingerprint density at radius 1 is 0.833 bits per heavy atom. The average Bonchev–Trinajstić information content (AvgIpc) is 2.56. The molecule has 0 amide bonds. The Morgan fingerprint density at radius 2 is 1.33 bits per heavy atom. The summed E-state index contributed by atoms with van der Waals surface area (Å²) in [4.78, 5) is 0. The van der Waals surface area contributed by atoms with Crippen LogP contribution in [0.1, 0.15) is 56.2 Å². The van der Waals surface area contributed by atoms with Gasteiger partial charge < -0.3 is 9.05 Å². The number of hydrogen-bond donors (Lipinski definition) is 0. The van der Waals surface area contributed by atoms with Gasteiger partial charge in [-0.05, 0) is 91.2 Å². The van der Waals surface area contributed by atoms with Crippen molar-refractivity contribution in [1.82, 2.24) is 0 Å². The maximum absolute atomic E-state index is 13.3. The third-order valence-corrected chi connectivity index (χ3v) is 9.50. The predicted molar refractivity (Wildman–Crippen MR) is 112 cm³/mol. The molecular formula is C17H26Br3O3P. The number of hydrogen-bond acceptors (Lipinski definition) is 3. The van der Waals surface area contributed by atoms with Crippen LogP contribution in [0.4, 0.5) is 0 Å². The number of benzene rings is 1. The van der Waals surface area contributed by atoms with Gasteiger partial charge in [0.15, 0.2) is 0 Å². The lowest BCUT2D eigenvalue weighted by Crippen LogP contribution is -2.05. The Labute approximate surface area is 171 Å². The first-order chi connectivity index (χ1) is 11.3. The van der Waals surface area contributed by atoms with Gasteiger partial charge in [0.1, 0.15) is 0 Å². The van der Waals surface area contributed by atoms with Crippen LogP contribution in [0.25, 0.3) is 0 Å². The van der Waals surface area contributed by atoms with Gasteiger partial charge in [-0.3, -0.25) is 4.57 Å². The van der Waals surface area contributed by atoms with E-state index in [1.807, 2.05) is 13.8 Å². The number of rotatable bonds is 10. The molecule has 0 bridgehead atoms. The summed E-state index contributed by atoms with van der Waals surface area (Å²) in [6, 6.07) is 0. The predicted octanol–water partition coefficient (Wildman–Crippen LogP) is 7.92. The molecule has 1 aromatic rings. The highest BCUT2D eigenvalue weighted by Crippen LogP contribution is 2.54. The van der Waals surface area contributed by atoms with E-state index in [1.54, 1.807) is 0 Å². The molecule has 3 nitrogen and oxygen atoms in total. The summed E-state index contributed by atoms with van der Waals surface area (Å²) in [7, 11) is -3.18. The van der Waals surface area contributed by atoms with Crippen molar-refractivity contribution < 1.29 is 13.6 Å². The summed E-state index contributed by atoms with van der Waals surface area (Å²) in [6.45, 7) is 9.18. The topological polar surface area (TPSA) is 35.5 Å². The fourth-order valence-corrected chi connectivity index (χ4v) is 6.16. The molecule has 0 fully saturated rings. The Balaban J connectivity index is 3.11. The first kappa shape index (κ1) is 22.9. The molecule has 0 N–H and O–H groups in total. The van der Waals surface area contributed by atoms with E-state index in [0.29, 0.717) is 13.2 Å². The summed E-state index contributed by atoms with van der Waals surface area (Å²) in [6.07, 6.45) is 4.04. The van der Waals surface area contributed by atoms with Gasteiger partial charge in [0.05, 0.1) is 19.4 Å². The zero-order valence-corrected chi connectivity index (χ0v) is 20.4. The molecule has 1 aromatic carbocycles. The maximum atomic E-state index is 13.3. The van der Waals surface area contributed by atoms with Crippen LogP contribution in [0.2, 0.25) is 0 Å². The zero-order chi connectivity index (χ0) is 18.3. The van der Waals surface area contributed by atoms with Crippen molar-refractivity contribution in [1.29, 1.82) is 0 Å². The minimum absolute atomic E-state index is 0.277. The molecule has 0 radical (unpaired) electrons. The van der Waals surface area contributed by atoms with E-state index in [1.165, 1.54) is 0 Å². The fourth-order valence-electron chi connectivity index (χ4n) is 2.16. The molecule has 24 heavy (non-hydrogen) atoms. The van der Waals surface area contributed by atoms with Gasteiger partial charge in [0.25, 0.3) is 0 Å². The van der Waals surface area contributed by atoms with Crippen molar-refractivity contribution in [3.05, 3.63) is 30.1 Å². The second-order valence-electron chi connectivity index (χ2n) is 5.81. The Bertz CT molecular complexity index is 562. The van der Waals surface area contributed by atoms with Gasteiger partial charge in [-0.15, -0.1) is 0 Å². The van der Waals surface area contributed by atoms with Gasteiger partial charge in [-0.2, -0.15) is 0 Å².